The number of carbonyl (C=O) groups excluding carboxylic acids is 1. The Bertz CT molecular complexity index is 792. The lowest BCUT2D eigenvalue weighted by Crippen LogP contribution is -2.17. The molecular formula is C16H13N3OS2. The summed E-state index contributed by atoms with van der Waals surface area (Å²) in [5, 5.41) is 6.78. The third-order valence-electron chi connectivity index (χ3n) is 2.92. The predicted octanol–water partition coefficient (Wildman–Crippen LogP) is 3.94. The monoisotopic (exact) mass is 327 g/mol. The molecule has 0 bridgehead atoms. The second kappa shape index (κ2) is 6.64. The Morgan fingerprint density at radius 1 is 1.23 bits per heavy atom. The largest absolute Gasteiger partial charge is 0.283 e. The van der Waals surface area contributed by atoms with E-state index in [0.717, 1.165) is 15.4 Å². The third-order valence-corrected chi connectivity index (χ3v) is 4.94. The standard InChI is InChI=1S/C16H13N3OS2/c1-11-14(15(20)19-17-10-13-8-5-9-21-13)22-16(18-11)12-6-3-2-4-7-12/h2-10H,1H3,(H,19,20)/b17-10+. The van der Waals surface area contributed by atoms with Crippen molar-refractivity contribution in [3.8, 4) is 10.6 Å². The molecule has 0 aliphatic carbocycles. The van der Waals surface area contributed by atoms with Crippen LogP contribution in [0.25, 0.3) is 10.6 Å². The minimum Gasteiger partial charge on any atom is -0.266 e. The number of aromatic nitrogens is 1. The van der Waals surface area contributed by atoms with E-state index in [1.807, 2.05) is 54.8 Å². The number of rotatable bonds is 4. The van der Waals surface area contributed by atoms with Gasteiger partial charge in [0, 0.05) is 10.4 Å². The van der Waals surface area contributed by atoms with Crippen LogP contribution in [-0.2, 0) is 0 Å². The summed E-state index contributed by atoms with van der Waals surface area (Å²) in [6.45, 7) is 1.83. The molecule has 1 amide bonds. The van der Waals surface area contributed by atoms with Gasteiger partial charge in [-0.3, -0.25) is 4.79 Å². The summed E-state index contributed by atoms with van der Waals surface area (Å²) in [6, 6.07) is 13.7. The summed E-state index contributed by atoms with van der Waals surface area (Å²) >= 11 is 2.94. The highest BCUT2D eigenvalue weighted by Crippen LogP contribution is 2.27. The molecule has 2 heterocycles. The van der Waals surface area contributed by atoms with Gasteiger partial charge in [-0.2, -0.15) is 5.10 Å². The molecule has 1 N–H and O–H groups in total. The first kappa shape index (κ1) is 14.6. The maximum Gasteiger partial charge on any atom is 0.283 e. The summed E-state index contributed by atoms with van der Waals surface area (Å²) in [4.78, 5) is 18.2. The van der Waals surface area contributed by atoms with Gasteiger partial charge in [-0.1, -0.05) is 36.4 Å². The highest BCUT2D eigenvalue weighted by molar-refractivity contribution is 7.17. The van der Waals surface area contributed by atoms with Gasteiger partial charge in [-0.25, -0.2) is 10.4 Å². The Labute approximate surface area is 136 Å². The van der Waals surface area contributed by atoms with Crippen molar-refractivity contribution in [2.24, 2.45) is 5.10 Å². The molecule has 110 valence electrons. The molecule has 6 heteroatoms. The number of amides is 1. The van der Waals surface area contributed by atoms with Crippen molar-refractivity contribution in [1.29, 1.82) is 0 Å². The molecule has 0 fully saturated rings. The van der Waals surface area contributed by atoms with Crippen LogP contribution in [-0.4, -0.2) is 17.1 Å². The lowest BCUT2D eigenvalue weighted by Gasteiger charge is -1.96. The van der Waals surface area contributed by atoms with E-state index in [-0.39, 0.29) is 5.91 Å². The number of hydrazone groups is 1. The zero-order valence-corrected chi connectivity index (χ0v) is 13.4. The van der Waals surface area contributed by atoms with Crippen LogP contribution in [0.4, 0.5) is 0 Å². The van der Waals surface area contributed by atoms with E-state index in [1.54, 1.807) is 17.6 Å². The van der Waals surface area contributed by atoms with E-state index in [9.17, 15) is 4.79 Å². The molecule has 4 nitrogen and oxygen atoms in total. The van der Waals surface area contributed by atoms with Gasteiger partial charge in [0.25, 0.3) is 5.91 Å². The lowest BCUT2D eigenvalue weighted by molar-refractivity contribution is 0.0958. The summed E-state index contributed by atoms with van der Waals surface area (Å²) in [5.41, 5.74) is 4.28. The van der Waals surface area contributed by atoms with E-state index in [1.165, 1.54) is 11.3 Å². The van der Waals surface area contributed by atoms with Crippen molar-refractivity contribution in [2.45, 2.75) is 6.92 Å². The highest BCUT2D eigenvalue weighted by Gasteiger charge is 2.15. The second-order valence-electron chi connectivity index (χ2n) is 4.51. The first-order chi connectivity index (χ1) is 10.7. The van der Waals surface area contributed by atoms with Gasteiger partial charge in [-0.05, 0) is 18.4 Å². The van der Waals surface area contributed by atoms with Crippen LogP contribution >= 0.6 is 22.7 Å². The highest BCUT2D eigenvalue weighted by atomic mass is 32.1. The number of nitrogens with zero attached hydrogens (tertiary/aromatic N) is 2. The van der Waals surface area contributed by atoms with E-state index in [2.05, 4.69) is 15.5 Å². The van der Waals surface area contributed by atoms with Gasteiger partial charge in [0.05, 0.1) is 11.9 Å². The van der Waals surface area contributed by atoms with Gasteiger partial charge in [0.15, 0.2) is 0 Å². The fourth-order valence-electron chi connectivity index (χ4n) is 1.88. The van der Waals surface area contributed by atoms with Gasteiger partial charge in [0.2, 0.25) is 0 Å². The molecule has 0 saturated carbocycles. The molecule has 0 unspecified atom stereocenters. The second-order valence-corrected chi connectivity index (χ2v) is 6.49. The quantitative estimate of drug-likeness (QED) is 0.583. The molecule has 0 atom stereocenters. The van der Waals surface area contributed by atoms with E-state index >= 15 is 0 Å². The Kier molecular flexibility index (Phi) is 4.41. The molecule has 1 aromatic carbocycles. The molecule has 0 saturated heterocycles. The number of aryl methyl sites for hydroxylation is 1. The fourth-order valence-corrected chi connectivity index (χ4v) is 3.43. The zero-order chi connectivity index (χ0) is 15.4. The van der Waals surface area contributed by atoms with E-state index in [0.29, 0.717) is 10.6 Å². The summed E-state index contributed by atoms with van der Waals surface area (Å²) in [5.74, 6) is -0.231. The molecular weight excluding hydrogens is 314 g/mol. The van der Waals surface area contributed by atoms with Gasteiger partial charge in [0.1, 0.15) is 9.88 Å². The van der Waals surface area contributed by atoms with Crippen molar-refractivity contribution >= 4 is 34.8 Å². The van der Waals surface area contributed by atoms with Crippen LogP contribution in [0.15, 0.2) is 52.9 Å². The predicted molar refractivity (Wildman–Crippen MR) is 91.7 cm³/mol. The summed E-state index contributed by atoms with van der Waals surface area (Å²) in [7, 11) is 0. The third kappa shape index (κ3) is 3.29. The van der Waals surface area contributed by atoms with E-state index < -0.39 is 0 Å². The maximum atomic E-state index is 12.2. The van der Waals surface area contributed by atoms with Crippen molar-refractivity contribution in [3.63, 3.8) is 0 Å². The number of thiazole rings is 1. The SMILES string of the molecule is Cc1nc(-c2ccccc2)sc1C(=O)N/N=C/c1cccs1. The summed E-state index contributed by atoms with van der Waals surface area (Å²) < 4.78 is 0. The lowest BCUT2D eigenvalue weighted by atomic mass is 10.2. The maximum absolute atomic E-state index is 12.2. The molecule has 0 radical (unpaired) electrons. The molecule has 3 rings (SSSR count). The average Bonchev–Trinajstić information content (AvgIpc) is 3.17. The van der Waals surface area contributed by atoms with Crippen LogP contribution in [0.2, 0.25) is 0 Å². The van der Waals surface area contributed by atoms with Crippen molar-refractivity contribution < 1.29 is 4.79 Å². The first-order valence-electron chi connectivity index (χ1n) is 6.64. The molecule has 2 aromatic heterocycles. The Hall–Kier alpha value is -2.31. The smallest absolute Gasteiger partial charge is 0.266 e. The van der Waals surface area contributed by atoms with Gasteiger partial charge < -0.3 is 0 Å². The molecule has 3 aromatic rings. The number of thiophene rings is 1. The van der Waals surface area contributed by atoms with Crippen LogP contribution in [0.1, 0.15) is 20.2 Å². The normalized spacial score (nSPS) is 11.0. The summed E-state index contributed by atoms with van der Waals surface area (Å²) in [6.07, 6.45) is 1.64. The number of benzene rings is 1. The minimum absolute atomic E-state index is 0.231. The van der Waals surface area contributed by atoms with E-state index in [4.69, 9.17) is 0 Å². The van der Waals surface area contributed by atoms with Crippen molar-refractivity contribution in [1.82, 2.24) is 10.4 Å². The number of hydrogen-bond acceptors (Lipinski definition) is 5. The Morgan fingerprint density at radius 2 is 2.05 bits per heavy atom. The number of carbonyl (C=O) groups is 1. The van der Waals surface area contributed by atoms with Crippen molar-refractivity contribution in [2.75, 3.05) is 0 Å². The molecule has 0 aliphatic rings. The number of hydrogen-bond donors (Lipinski definition) is 1. The van der Waals surface area contributed by atoms with Gasteiger partial charge in [-0.15, -0.1) is 22.7 Å². The average molecular weight is 327 g/mol. The van der Waals surface area contributed by atoms with Crippen LogP contribution in [0, 0.1) is 6.92 Å². The topological polar surface area (TPSA) is 54.4 Å². The van der Waals surface area contributed by atoms with Gasteiger partial charge >= 0.3 is 0 Å². The Morgan fingerprint density at radius 3 is 2.77 bits per heavy atom. The molecule has 22 heavy (non-hydrogen) atoms. The fraction of sp³-hybridized carbons (Fsp3) is 0.0625. The first-order valence-corrected chi connectivity index (χ1v) is 8.33. The molecule has 0 aliphatic heterocycles. The van der Waals surface area contributed by atoms with Crippen LogP contribution in [0.3, 0.4) is 0 Å². The Balaban J connectivity index is 1.74. The minimum atomic E-state index is -0.231. The van der Waals surface area contributed by atoms with Crippen molar-refractivity contribution in [3.05, 3.63) is 63.3 Å². The van der Waals surface area contributed by atoms with Crippen LogP contribution < -0.4 is 5.43 Å². The number of nitrogens with one attached hydrogen (secondary N) is 1. The zero-order valence-electron chi connectivity index (χ0n) is 11.8. The van der Waals surface area contributed by atoms with Crippen LogP contribution in [0.5, 0.6) is 0 Å². The molecule has 0 spiro atoms.